The number of ether oxygens (including phenoxy) is 2. The summed E-state index contributed by atoms with van der Waals surface area (Å²) in [5.41, 5.74) is 0.728. The largest absolute Gasteiger partial charge is 0.463 e. The summed E-state index contributed by atoms with van der Waals surface area (Å²) >= 11 is 0. The van der Waals surface area contributed by atoms with Gasteiger partial charge in [0.15, 0.2) is 0 Å². The highest BCUT2D eigenvalue weighted by molar-refractivity contribution is 7.89. The van der Waals surface area contributed by atoms with Gasteiger partial charge in [0.2, 0.25) is 15.8 Å². The van der Waals surface area contributed by atoms with Crippen LogP contribution in [0.4, 0.5) is 0 Å². The van der Waals surface area contributed by atoms with Crippen LogP contribution in [-0.4, -0.2) is 44.9 Å². The topological polar surface area (TPSA) is 103 Å². The Hall–Kier alpha value is -2.65. The van der Waals surface area contributed by atoms with E-state index in [1.807, 2.05) is 0 Å². The molecule has 0 saturated heterocycles. The predicted molar refractivity (Wildman–Crippen MR) is 100 cm³/mol. The molecule has 2 aromatic rings. The van der Waals surface area contributed by atoms with E-state index >= 15 is 0 Å². The van der Waals surface area contributed by atoms with Gasteiger partial charge in [0, 0.05) is 13.1 Å². The molecule has 0 amide bonds. The number of carbonyl (C=O) groups excluding carboxylic acids is 2. The van der Waals surface area contributed by atoms with Crippen molar-refractivity contribution in [3.63, 3.8) is 0 Å². The van der Waals surface area contributed by atoms with Crippen molar-refractivity contribution in [2.24, 2.45) is 0 Å². The molecule has 0 unspecified atom stereocenters. The maximum absolute atomic E-state index is 12.7. The molecule has 0 N–H and O–H groups in total. The van der Waals surface area contributed by atoms with E-state index in [-0.39, 0.29) is 28.6 Å². The van der Waals surface area contributed by atoms with E-state index in [0.717, 1.165) is 0 Å². The normalized spacial score (nSPS) is 11.5. The van der Waals surface area contributed by atoms with Crippen molar-refractivity contribution in [1.29, 1.82) is 0 Å². The van der Waals surface area contributed by atoms with Gasteiger partial charge < -0.3 is 13.9 Å². The third kappa shape index (κ3) is 4.60. The number of benzene rings is 1. The molecule has 8 nitrogen and oxygen atoms in total. The molecule has 0 bridgehead atoms. The van der Waals surface area contributed by atoms with Crippen LogP contribution in [0.5, 0.6) is 0 Å². The van der Waals surface area contributed by atoms with Gasteiger partial charge in [-0.3, -0.25) is 0 Å². The SMILES string of the molecule is CCN(CC)S(=O)(=O)c1ccc(C)c(C(=O)OCc2ccc(C(=O)OC)o2)c1. The zero-order chi connectivity index (χ0) is 20.9. The number of rotatable bonds is 8. The first kappa shape index (κ1) is 21.6. The van der Waals surface area contributed by atoms with Gasteiger partial charge in [-0.1, -0.05) is 19.9 Å². The van der Waals surface area contributed by atoms with Gasteiger partial charge in [-0.25, -0.2) is 18.0 Å². The lowest BCUT2D eigenvalue weighted by Crippen LogP contribution is -2.30. The first-order valence-electron chi connectivity index (χ1n) is 8.69. The molecule has 0 saturated carbocycles. The maximum Gasteiger partial charge on any atom is 0.373 e. The quantitative estimate of drug-likeness (QED) is 0.618. The molecule has 9 heteroatoms. The summed E-state index contributed by atoms with van der Waals surface area (Å²) in [5.74, 6) is -1.07. The minimum Gasteiger partial charge on any atom is -0.463 e. The highest BCUT2D eigenvalue weighted by atomic mass is 32.2. The van der Waals surface area contributed by atoms with Gasteiger partial charge in [0.1, 0.15) is 12.4 Å². The number of aryl methyl sites for hydroxylation is 1. The van der Waals surface area contributed by atoms with E-state index in [2.05, 4.69) is 4.74 Å². The molecule has 28 heavy (non-hydrogen) atoms. The van der Waals surface area contributed by atoms with Crippen molar-refractivity contribution < 1.29 is 31.9 Å². The first-order valence-corrected chi connectivity index (χ1v) is 10.1. The van der Waals surface area contributed by atoms with E-state index < -0.39 is 22.0 Å². The number of carbonyl (C=O) groups is 2. The third-order valence-electron chi connectivity index (χ3n) is 4.17. The summed E-state index contributed by atoms with van der Waals surface area (Å²) in [6.45, 7) is 5.63. The van der Waals surface area contributed by atoms with Crippen molar-refractivity contribution in [3.05, 3.63) is 53.0 Å². The van der Waals surface area contributed by atoms with Gasteiger partial charge >= 0.3 is 11.9 Å². The summed E-state index contributed by atoms with van der Waals surface area (Å²) in [7, 11) is -2.47. The van der Waals surface area contributed by atoms with Crippen LogP contribution < -0.4 is 0 Å². The minimum atomic E-state index is -3.69. The van der Waals surface area contributed by atoms with E-state index in [9.17, 15) is 18.0 Å². The molecule has 0 spiro atoms. The Labute approximate surface area is 164 Å². The molecule has 0 aliphatic carbocycles. The number of esters is 2. The van der Waals surface area contributed by atoms with Crippen LogP contribution in [-0.2, 0) is 26.1 Å². The van der Waals surface area contributed by atoms with Gasteiger partial charge in [-0.05, 0) is 36.8 Å². The molecule has 1 aromatic heterocycles. The Morgan fingerprint density at radius 2 is 1.75 bits per heavy atom. The van der Waals surface area contributed by atoms with Crippen molar-refractivity contribution in [2.45, 2.75) is 32.3 Å². The fourth-order valence-electron chi connectivity index (χ4n) is 2.57. The Bertz CT molecular complexity index is 958. The fourth-order valence-corrected chi connectivity index (χ4v) is 4.06. The fraction of sp³-hybridized carbons (Fsp3) is 0.368. The lowest BCUT2D eigenvalue weighted by Gasteiger charge is -2.19. The van der Waals surface area contributed by atoms with Crippen LogP contribution in [0, 0.1) is 6.92 Å². The van der Waals surface area contributed by atoms with E-state index in [1.54, 1.807) is 26.8 Å². The summed E-state index contributed by atoms with van der Waals surface area (Å²) in [5, 5.41) is 0. The molecule has 0 atom stereocenters. The minimum absolute atomic E-state index is 0.00274. The molecule has 2 rings (SSSR count). The highest BCUT2D eigenvalue weighted by Gasteiger charge is 2.24. The van der Waals surface area contributed by atoms with Gasteiger partial charge in [-0.2, -0.15) is 4.31 Å². The summed E-state index contributed by atoms with van der Waals surface area (Å²) in [4.78, 5) is 23.9. The summed E-state index contributed by atoms with van der Waals surface area (Å²) < 4.78 is 41.6. The van der Waals surface area contributed by atoms with Crippen LogP contribution in [0.15, 0.2) is 39.6 Å². The summed E-state index contributed by atoms with van der Waals surface area (Å²) in [6, 6.07) is 7.25. The zero-order valence-corrected chi connectivity index (χ0v) is 17.0. The standard InChI is InChI=1S/C19H23NO7S/c1-5-20(6-2)28(23,24)15-9-7-13(3)16(11-15)18(21)26-12-14-8-10-17(27-14)19(22)25-4/h7-11H,5-6,12H2,1-4H3. The number of sulfonamides is 1. The predicted octanol–water partition coefficient (Wildman–Crippen LogP) is 2.76. The number of methoxy groups -OCH3 is 1. The van der Waals surface area contributed by atoms with E-state index in [4.69, 9.17) is 9.15 Å². The highest BCUT2D eigenvalue weighted by Crippen LogP contribution is 2.21. The molecular formula is C19H23NO7S. The van der Waals surface area contributed by atoms with Crippen molar-refractivity contribution in [2.75, 3.05) is 20.2 Å². The Balaban J connectivity index is 2.19. The second kappa shape index (κ2) is 9.03. The lowest BCUT2D eigenvalue weighted by molar-refractivity contribution is 0.0437. The molecule has 1 aromatic carbocycles. The van der Waals surface area contributed by atoms with Crippen LogP contribution in [0.2, 0.25) is 0 Å². The number of furan rings is 1. The molecule has 0 radical (unpaired) electrons. The van der Waals surface area contributed by atoms with E-state index in [1.165, 1.54) is 35.7 Å². The number of nitrogens with zero attached hydrogens (tertiary/aromatic N) is 1. The van der Waals surface area contributed by atoms with Crippen molar-refractivity contribution in [3.8, 4) is 0 Å². The van der Waals surface area contributed by atoms with Gasteiger partial charge in [0.25, 0.3) is 0 Å². The molecular weight excluding hydrogens is 386 g/mol. The number of hydrogen-bond acceptors (Lipinski definition) is 7. The van der Waals surface area contributed by atoms with Crippen molar-refractivity contribution in [1.82, 2.24) is 4.31 Å². The second-order valence-electron chi connectivity index (χ2n) is 5.90. The Kier molecular flexibility index (Phi) is 6.98. The zero-order valence-electron chi connectivity index (χ0n) is 16.2. The average Bonchev–Trinajstić information content (AvgIpc) is 3.15. The monoisotopic (exact) mass is 409 g/mol. The van der Waals surface area contributed by atoms with Crippen LogP contribution >= 0.6 is 0 Å². The average molecular weight is 409 g/mol. The lowest BCUT2D eigenvalue weighted by atomic mass is 10.1. The first-order chi connectivity index (χ1) is 13.2. The Morgan fingerprint density at radius 1 is 1.07 bits per heavy atom. The van der Waals surface area contributed by atoms with E-state index in [0.29, 0.717) is 18.7 Å². The molecule has 0 aliphatic heterocycles. The second-order valence-corrected chi connectivity index (χ2v) is 7.84. The van der Waals surface area contributed by atoms with Crippen LogP contribution in [0.3, 0.4) is 0 Å². The maximum atomic E-state index is 12.7. The van der Waals surface area contributed by atoms with Crippen LogP contribution in [0.25, 0.3) is 0 Å². The third-order valence-corrected chi connectivity index (χ3v) is 6.21. The molecule has 0 fully saturated rings. The smallest absolute Gasteiger partial charge is 0.373 e. The molecule has 0 aliphatic rings. The van der Waals surface area contributed by atoms with Crippen molar-refractivity contribution >= 4 is 22.0 Å². The van der Waals surface area contributed by atoms with Gasteiger partial charge in [-0.15, -0.1) is 0 Å². The number of hydrogen-bond donors (Lipinski definition) is 0. The van der Waals surface area contributed by atoms with Crippen LogP contribution in [0.1, 0.15) is 46.1 Å². The molecule has 152 valence electrons. The summed E-state index contributed by atoms with van der Waals surface area (Å²) in [6.07, 6.45) is 0. The van der Waals surface area contributed by atoms with Gasteiger partial charge in [0.05, 0.1) is 17.6 Å². The Morgan fingerprint density at radius 3 is 2.36 bits per heavy atom. The molecule has 1 heterocycles.